The van der Waals surface area contributed by atoms with Gasteiger partial charge in [-0.05, 0) is 98.9 Å². The third-order valence-electron chi connectivity index (χ3n) is 12.3. The summed E-state index contributed by atoms with van der Waals surface area (Å²) in [6.45, 7) is 2.37. The van der Waals surface area contributed by atoms with Crippen molar-refractivity contribution in [1.29, 1.82) is 0 Å². The molecule has 218 valence electrons. The normalized spacial score (nSPS) is 36.9. The van der Waals surface area contributed by atoms with Gasteiger partial charge in [0.2, 0.25) is 0 Å². The molecule has 2 aromatic carbocycles. The molecule has 3 N–H and O–H groups in total. The van der Waals surface area contributed by atoms with Gasteiger partial charge < -0.3 is 25.1 Å². The van der Waals surface area contributed by atoms with Gasteiger partial charge in [0.15, 0.2) is 11.5 Å². The molecule has 0 amide bonds. The highest BCUT2D eigenvalue weighted by atomic mass is 16.6. The van der Waals surface area contributed by atoms with Gasteiger partial charge in [0.25, 0.3) is 0 Å². The number of carboxylic acids is 1. The first-order valence-electron chi connectivity index (χ1n) is 15.6. The van der Waals surface area contributed by atoms with E-state index in [0.29, 0.717) is 18.4 Å². The molecule has 7 aliphatic rings. The molecule has 5 aliphatic carbocycles. The second-order valence-electron chi connectivity index (χ2n) is 13.9. The number of ether oxygens (including phenoxy) is 3. The zero-order valence-corrected chi connectivity index (χ0v) is 24.2. The summed E-state index contributed by atoms with van der Waals surface area (Å²) in [5.41, 5.74) is 10.7. The van der Waals surface area contributed by atoms with E-state index in [1.54, 1.807) is 7.11 Å². The summed E-state index contributed by atoms with van der Waals surface area (Å²) in [5, 5.41) is 9.36. The highest BCUT2D eigenvalue weighted by Gasteiger charge is 2.80. The monoisotopic (exact) mass is 558 g/mol. The van der Waals surface area contributed by atoms with E-state index >= 15 is 0 Å². The van der Waals surface area contributed by atoms with Crippen molar-refractivity contribution in [2.24, 2.45) is 23.0 Å². The summed E-state index contributed by atoms with van der Waals surface area (Å²) in [6, 6.07) is 12.4. The molecule has 7 atom stereocenters. The molecule has 2 heterocycles. The Bertz CT molecular complexity index is 1410. The summed E-state index contributed by atoms with van der Waals surface area (Å²) >= 11 is 0. The number of nitrogens with zero attached hydrogens (tertiary/aromatic N) is 1. The fourth-order valence-electron chi connectivity index (χ4n) is 10.4. The largest absolute Gasteiger partial charge is 0.493 e. The van der Waals surface area contributed by atoms with E-state index in [9.17, 15) is 9.90 Å². The van der Waals surface area contributed by atoms with Gasteiger partial charge in [0, 0.05) is 36.1 Å². The van der Waals surface area contributed by atoms with Crippen molar-refractivity contribution in [1.82, 2.24) is 4.90 Å². The van der Waals surface area contributed by atoms with E-state index in [4.69, 9.17) is 19.9 Å². The van der Waals surface area contributed by atoms with Crippen LogP contribution in [0.25, 0.3) is 0 Å². The molecule has 5 fully saturated rings. The second-order valence-corrected chi connectivity index (χ2v) is 13.9. The molecule has 2 aromatic rings. The standard InChI is InChI=1S/C34H42N2O5/c1-39-26-9-8-23-17-27-32-10-11-34(40-2,24(18-32)15-21-4-3-5-22(14-21)16-25(35)30(37)38)31-33(32,28(23)29(26)41-31)12-13-36(27)19-20-6-7-20/h3-5,8-9,14,20,24-25,27,31H,6-7,10-13,15-19,35H2,1-2H3,(H,37,38)/t24-,25?,27-,31-,32-,33+,34-/m1/s1. The molecule has 41 heavy (non-hydrogen) atoms. The minimum atomic E-state index is -0.963. The highest BCUT2D eigenvalue weighted by Crippen LogP contribution is 2.77. The van der Waals surface area contributed by atoms with Gasteiger partial charge in [-0.3, -0.25) is 9.69 Å². The lowest BCUT2D eigenvalue weighted by atomic mass is 9.34. The summed E-state index contributed by atoms with van der Waals surface area (Å²) < 4.78 is 19.8. The maximum atomic E-state index is 11.4. The maximum Gasteiger partial charge on any atom is 0.320 e. The molecule has 1 unspecified atom stereocenters. The van der Waals surface area contributed by atoms with Gasteiger partial charge in [-0.1, -0.05) is 30.3 Å². The lowest BCUT2D eigenvalue weighted by Crippen LogP contribution is -2.81. The van der Waals surface area contributed by atoms with Gasteiger partial charge in [-0.25, -0.2) is 0 Å². The minimum Gasteiger partial charge on any atom is -0.493 e. The second kappa shape index (κ2) is 8.95. The minimum absolute atomic E-state index is 0.0351. The van der Waals surface area contributed by atoms with E-state index < -0.39 is 17.6 Å². The van der Waals surface area contributed by atoms with Crippen LogP contribution in [0.4, 0.5) is 0 Å². The number of carbonyl (C=O) groups is 1. The van der Waals surface area contributed by atoms with Crippen molar-refractivity contribution in [3.8, 4) is 11.5 Å². The summed E-state index contributed by atoms with van der Waals surface area (Å²) in [6.07, 6.45) is 9.45. The molecule has 2 aliphatic heterocycles. The number of carboxylic acid groups (broad SMARTS) is 1. The predicted molar refractivity (Wildman–Crippen MR) is 154 cm³/mol. The number of rotatable bonds is 9. The Balaban J connectivity index is 1.23. The van der Waals surface area contributed by atoms with E-state index in [1.165, 1.54) is 42.5 Å². The number of benzene rings is 2. The van der Waals surface area contributed by atoms with Gasteiger partial charge in [-0.2, -0.15) is 0 Å². The van der Waals surface area contributed by atoms with Crippen LogP contribution in [0.3, 0.4) is 0 Å². The Hall–Kier alpha value is -2.61. The number of methoxy groups -OCH3 is 2. The molecular weight excluding hydrogens is 516 g/mol. The van der Waals surface area contributed by atoms with Crippen molar-refractivity contribution in [3.05, 3.63) is 58.7 Å². The van der Waals surface area contributed by atoms with Crippen molar-refractivity contribution < 1.29 is 24.1 Å². The zero-order chi connectivity index (χ0) is 28.1. The Kier molecular flexibility index (Phi) is 5.68. The molecule has 1 saturated heterocycles. The molecule has 7 heteroatoms. The Morgan fingerprint density at radius 1 is 1.17 bits per heavy atom. The first kappa shape index (κ1) is 26.1. The van der Waals surface area contributed by atoms with Crippen LogP contribution >= 0.6 is 0 Å². The van der Waals surface area contributed by atoms with Crippen LogP contribution in [0.1, 0.15) is 60.8 Å². The Labute approximate surface area is 242 Å². The van der Waals surface area contributed by atoms with Crippen LogP contribution in [-0.2, 0) is 34.2 Å². The molecular formula is C34H42N2O5. The summed E-state index contributed by atoms with van der Waals surface area (Å²) in [5.74, 6) is 2.03. The number of fused-ring (bicyclic) bond motifs is 2. The van der Waals surface area contributed by atoms with Crippen molar-refractivity contribution in [3.63, 3.8) is 0 Å². The van der Waals surface area contributed by atoms with Crippen LogP contribution in [0.5, 0.6) is 11.5 Å². The first-order valence-corrected chi connectivity index (χ1v) is 15.6. The molecule has 0 radical (unpaired) electrons. The number of hydrogen-bond acceptors (Lipinski definition) is 6. The van der Waals surface area contributed by atoms with Gasteiger partial charge in [0.05, 0.1) is 7.11 Å². The third-order valence-corrected chi connectivity index (χ3v) is 12.3. The molecule has 4 bridgehead atoms. The number of aliphatic carboxylic acids is 1. The van der Waals surface area contributed by atoms with Gasteiger partial charge in [-0.15, -0.1) is 0 Å². The maximum absolute atomic E-state index is 11.4. The van der Waals surface area contributed by atoms with E-state index in [0.717, 1.165) is 61.6 Å². The van der Waals surface area contributed by atoms with Crippen LogP contribution in [0, 0.1) is 17.3 Å². The predicted octanol–water partition coefficient (Wildman–Crippen LogP) is 4.12. The number of hydrogen-bond donors (Lipinski definition) is 2. The SMILES string of the molecule is COc1ccc2c3c1O[C@H]1[C@@]4(OC)CC[C@@]5(C[C@H]4Cc4cccc(CC(N)C(=O)O)c4)[C@@H](C2)N(CC2CC2)CC[C@]315. The fourth-order valence-corrected chi connectivity index (χ4v) is 10.4. The molecule has 9 rings (SSSR count). The van der Waals surface area contributed by atoms with Crippen LogP contribution < -0.4 is 15.2 Å². The van der Waals surface area contributed by atoms with Crippen LogP contribution in [0.15, 0.2) is 36.4 Å². The fraction of sp³-hybridized carbons (Fsp3) is 0.618. The van der Waals surface area contributed by atoms with E-state index in [2.05, 4.69) is 29.2 Å². The molecule has 4 saturated carbocycles. The number of piperidine rings is 1. The zero-order valence-electron chi connectivity index (χ0n) is 24.2. The number of nitrogens with two attached hydrogens (primary N) is 1. The first-order chi connectivity index (χ1) is 19.8. The lowest BCUT2D eigenvalue weighted by Gasteiger charge is -2.74. The van der Waals surface area contributed by atoms with Crippen molar-refractivity contribution in [2.75, 3.05) is 27.3 Å². The third kappa shape index (κ3) is 3.40. The summed E-state index contributed by atoms with van der Waals surface area (Å²) in [7, 11) is 3.66. The van der Waals surface area contributed by atoms with E-state index in [-0.39, 0.29) is 16.9 Å². The average molecular weight is 559 g/mol. The summed E-state index contributed by atoms with van der Waals surface area (Å²) in [4.78, 5) is 14.3. The van der Waals surface area contributed by atoms with Crippen LogP contribution in [-0.4, -0.2) is 67.1 Å². The molecule has 7 nitrogen and oxygen atoms in total. The van der Waals surface area contributed by atoms with Crippen molar-refractivity contribution >= 4 is 5.97 Å². The number of likely N-dealkylation sites (tertiary alicyclic amines) is 1. The highest BCUT2D eigenvalue weighted by molar-refractivity contribution is 5.73. The van der Waals surface area contributed by atoms with Crippen LogP contribution in [0.2, 0.25) is 0 Å². The topological polar surface area (TPSA) is 94.2 Å². The quantitative estimate of drug-likeness (QED) is 0.478. The lowest BCUT2D eigenvalue weighted by molar-refractivity contribution is -0.277. The molecule has 0 aromatic heterocycles. The Morgan fingerprint density at radius 3 is 2.76 bits per heavy atom. The smallest absolute Gasteiger partial charge is 0.320 e. The van der Waals surface area contributed by atoms with Gasteiger partial charge >= 0.3 is 5.97 Å². The Morgan fingerprint density at radius 2 is 2.00 bits per heavy atom. The van der Waals surface area contributed by atoms with Crippen molar-refractivity contribution in [2.45, 2.75) is 87.0 Å². The average Bonchev–Trinajstić information content (AvgIpc) is 3.71. The molecule has 2 spiro atoms. The van der Waals surface area contributed by atoms with E-state index in [1.807, 2.05) is 19.2 Å². The van der Waals surface area contributed by atoms with Gasteiger partial charge in [0.1, 0.15) is 17.7 Å².